The third-order valence-corrected chi connectivity index (χ3v) is 5.28. The summed E-state index contributed by atoms with van der Waals surface area (Å²) in [5, 5.41) is 2.43. The highest BCUT2D eigenvalue weighted by atomic mass is 16.6. The van der Waals surface area contributed by atoms with E-state index in [0.717, 1.165) is 5.56 Å². The van der Waals surface area contributed by atoms with Crippen molar-refractivity contribution in [2.75, 3.05) is 19.8 Å². The van der Waals surface area contributed by atoms with Gasteiger partial charge in [-0.25, -0.2) is 4.79 Å². The molecule has 11 heteroatoms. The maximum Gasteiger partial charge on any atom is 0.410 e. The number of carbonyl (C=O) groups is 5. The van der Waals surface area contributed by atoms with Crippen molar-refractivity contribution < 1.29 is 38.2 Å². The van der Waals surface area contributed by atoms with E-state index in [2.05, 4.69) is 5.32 Å². The predicted molar refractivity (Wildman–Crippen MR) is 119 cm³/mol. The van der Waals surface area contributed by atoms with Crippen LogP contribution in [0.2, 0.25) is 0 Å². The van der Waals surface area contributed by atoms with Crippen LogP contribution in [0, 0.1) is 5.92 Å². The van der Waals surface area contributed by atoms with Crippen LogP contribution in [-0.2, 0) is 40.0 Å². The van der Waals surface area contributed by atoms with Crippen LogP contribution in [0.5, 0.6) is 0 Å². The molecular weight excluding hydrogens is 446 g/mol. The third kappa shape index (κ3) is 7.46. The molecule has 11 nitrogen and oxygen atoms in total. The molecule has 3 atom stereocenters. The number of nitrogens with one attached hydrogen (secondary N) is 1. The van der Waals surface area contributed by atoms with Crippen molar-refractivity contribution in [2.45, 2.75) is 51.8 Å². The first kappa shape index (κ1) is 26.6. The molecular formula is C23H31N3O8. The summed E-state index contributed by atoms with van der Waals surface area (Å²) in [6.07, 6.45) is -0.303. The van der Waals surface area contributed by atoms with Gasteiger partial charge in [-0.1, -0.05) is 30.3 Å². The molecule has 3 N–H and O–H groups in total. The van der Waals surface area contributed by atoms with Crippen LogP contribution in [-0.4, -0.2) is 66.6 Å². The summed E-state index contributed by atoms with van der Waals surface area (Å²) < 4.78 is 15.2. The SMILES string of the molecule is CCOC(=O)C[C@@H](C(=O)OCC)[C@@H](NC(=O)[C@H]1CCCN1C(=O)OCc1ccccc1)C(N)=O. The van der Waals surface area contributed by atoms with Crippen molar-refractivity contribution in [1.82, 2.24) is 10.2 Å². The minimum atomic E-state index is -1.53. The first-order chi connectivity index (χ1) is 16.3. The van der Waals surface area contributed by atoms with Crippen LogP contribution in [0.15, 0.2) is 30.3 Å². The molecule has 2 rings (SSSR count). The van der Waals surface area contributed by atoms with E-state index in [4.69, 9.17) is 19.9 Å². The van der Waals surface area contributed by atoms with Gasteiger partial charge in [0, 0.05) is 6.54 Å². The third-order valence-electron chi connectivity index (χ3n) is 5.28. The lowest BCUT2D eigenvalue weighted by atomic mass is 9.94. The number of nitrogens with two attached hydrogens (primary N) is 1. The number of benzene rings is 1. The number of nitrogens with zero attached hydrogens (tertiary/aromatic N) is 1. The molecule has 3 amide bonds. The Labute approximate surface area is 197 Å². The first-order valence-electron chi connectivity index (χ1n) is 11.2. The van der Waals surface area contributed by atoms with E-state index in [-0.39, 0.29) is 26.4 Å². The van der Waals surface area contributed by atoms with Gasteiger partial charge in [-0.05, 0) is 32.3 Å². The predicted octanol–water partition coefficient (Wildman–Crippen LogP) is 0.890. The van der Waals surface area contributed by atoms with Crippen LogP contribution in [0.25, 0.3) is 0 Å². The van der Waals surface area contributed by atoms with Crippen molar-refractivity contribution >= 4 is 29.8 Å². The molecule has 1 saturated heterocycles. The topological polar surface area (TPSA) is 154 Å². The number of likely N-dealkylation sites (tertiary alicyclic amines) is 1. The zero-order valence-corrected chi connectivity index (χ0v) is 19.4. The number of hydrogen-bond acceptors (Lipinski definition) is 8. The maximum absolute atomic E-state index is 13.0. The van der Waals surface area contributed by atoms with Crippen molar-refractivity contribution in [3.63, 3.8) is 0 Å². The molecule has 0 radical (unpaired) electrons. The Morgan fingerprint density at radius 3 is 2.35 bits per heavy atom. The standard InChI is InChI=1S/C23H31N3O8/c1-3-32-18(27)13-16(22(30)33-4-2)19(20(24)28)25-21(29)17-11-8-12-26(17)23(31)34-14-15-9-6-5-7-10-15/h5-7,9-10,16-17,19H,3-4,8,11-14H2,1-2H3,(H2,24,28)(H,25,29)/t16-,17-,19-/m1/s1. The number of primary amides is 1. The molecule has 34 heavy (non-hydrogen) atoms. The molecule has 1 aromatic rings. The number of esters is 2. The van der Waals surface area contributed by atoms with Gasteiger partial charge in [-0.15, -0.1) is 0 Å². The fourth-order valence-electron chi connectivity index (χ4n) is 3.67. The van der Waals surface area contributed by atoms with Gasteiger partial charge in [-0.3, -0.25) is 24.1 Å². The fraction of sp³-hybridized carbons (Fsp3) is 0.522. The molecule has 0 aromatic heterocycles. The largest absolute Gasteiger partial charge is 0.466 e. The fourth-order valence-corrected chi connectivity index (χ4v) is 3.67. The lowest BCUT2D eigenvalue weighted by Crippen LogP contribution is -2.56. The van der Waals surface area contributed by atoms with Crippen LogP contribution < -0.4 is 11.1 Å². The van der Waals surface area contributed by atoms with Gasteiger partial charge >= 0.3 is 18.0 Å². The quantitative estimate of drug-likeness (QED) is 0.352. The van der Waals surface area contributed by atoms with Gasteiger partial charge in [0.1, 0.15) is 18.7 Å². The molecule has 186 valence electrons. The second kappa shape index (κ2) is 13.2. The van der Waals surface area contributed by atoms with E-state index in [1.54, 1.807) is 26.0 Å². The van der Waals surface area contributed by atoms with E-state index in [0.29, 0.717) is 12.8 Å². The number of ether oxygens (including phenoxy) is 3. The Balaban J connectivity index is 2.10. The Kier molecular flexibility index (Phi) is 10.3. The normalized spacial score (nSPS) is 16.8. The molecule has 1 aliphatic rings. The van der Waals surface area contributed by atoms with Crippen LogP contribution in [0.3, 0.4) is 0 Å². The smallest absolute Gasteiger partial charge is 0.410 e. The Bertz CT molecular complexity index is 876. The number of rotatable bonds is 11. The Hall–Kier alpha value is -3.63. The van der Waals surface area contributed by atoms with Crippen molar-refractivity contribution in [2.24, 2.45) is 11.7 Å². The van der Waals surface area contributed by atoms with E-state index in [1.165, 1.54) is 4.90 Å². The highest BCUT2D eigenvalue weighted by Crippen LogP contribution is 2.21. The molecule has 1 heterocycles. The van der Waals surface area contributed by atoms with Gasteiger partial charge in [0.2, 0.25) is 11.8 Å². The average Bonchev–Trinajstić information content (AvgIpc) is 3.30. The first-order valence-corrected chi connectivity index (χ1v) is 11.2. The zero-order chi connectivity index (χ0) is 25.1. The number of hydrogen-bond donors (Lipinski definition) is 2. The second-order valence-corrected chi connectivity index (χ2v) is 7.65. The summed E-state index contributed by atoms with van der Waals surface area (Å²) in [7, 11) is 0. The maximum atomic E-state index is 13.0. The zero-order valence-electron chi connectivity index (χ0n) is 19.4. The molecule has 1 aromatic carbocycles. The molecule has 1 fully saturated rings. The number of carbonyl (C=O) groups excluding carboxylic acids is 5. The Morgan fingerprint density at radius 2 is 1.74 bits per heavy atom. The molecule has 0 unspecified atom stereocenters. The van der Waals surface area contributed by atoms with Crippen LogP contribution in [0.4, 0.5) is 4.79 Å². The van der Waals surface area contributed by atoms with E-state index in [9.17, 15) is 24.0 Å². The minimum Gasteiger partial charge on any atom is -0.466 e. The van der Waals surface area contributed by atoms with Gasteiger partial charge in [-0.2, -0.15) is 0 Å². The minimum absolute atomic E-state index is 0.00123. The van der Waals surface area contributed by atoms with Gasteiger partial charge < -0.3 is 25.3 Å². The number of amides is 3. The van der Waals surface area contributed by atoms with E-state index in [1.807, 2.05) is 18.2 Å². The summed E-state index contributed by atoms with van der Waals surface area (Å²) >= 11 is 0. The van der Waals surface area contributed by atoms with E-state index >= 15 is 0 Å². The van der Waals surface area contributed by atoms with Crippen LogP contribution in [0.1, 0.15) is 38.7 Å². The monoisotopic (exact) mass is 477 g/mol. The average molecular weight is 478 g/mol. The second-order valence-electron chi connectivity index (χ2n) is 7.65. The highest BCUT2D eigenvalue weighted by molar-refractivity contribution is 5.95. The summed E-state index contributed by atoms with van der Waals surface area (Å²) in [5.41, 5.74) is 6.25. The summed E-state index contributed by atoms with van der Waals surface area (Å²) in [5.74, 6) is -4.69. The van der Waals surface area contributed by atoms with Crippen LogP contribution >= 0.6 is 0 Å². The molecule has 0 saturated carbocycles. The van der Waals surface area contributed by atoms with Gasteiger partial charge in [0.05, 0.1) is 25.6 Å². The lowest BCUT2D eigenvalue weighted by Gasteiger charge is -2.27. The van der Waals surface area contributed by atoms with Crippen molar-refractivity contribution in [3.8, 4) is 0 Å². The summed E-state index contributed by atoms with van der Waals surface area (Å²) in [6.45, 7) is 3.56. The van der Waals surface area contributed by atoms with Gasteiger partial charge in [0.15, 0.2) is 0 Å². The molecule has 0 aliphatic carbocycles. The van der Waals surface area contributed by atoms with E-state index < -0.39 is 54.3 Å². The lowest BCUT2D eigenvalue weighted by molar-refractivity contribution is -0.157. The molecule has 0 spiro atoms. The summed E-state index contributed by atoms with van der Waals surface area (Å²) in [4.78, 5) is 63.5. The summed E-state index contributed by atoms with van der Waals surface area (Å²) in [6, 6.07) is 6.63. The van der Waals surface area contributed by atoms with Crippen molar-refractivity contribution in [3.05, 3.63) is 35.9 Å². The van der Waals surface area contributed by atoms with Crippen molar-refractivity contribution in [1.29, 1.82) is 0 Å². The highest BCUT2D eigenvalue weighted by Gasteiger charge is 2.41. The van der Waals surface area contributed by atoms with Gasteiger partial charge in [0.25, 0.3) is 0 Å². The Morgan fingerprint density at radius 1 is 1.06 bits per heavy atom. The molecule has 0 bridgehead atoms. The molecule has 1 aliphatic heterocycles.